The Morgan fingerprint density at radius 1 is 1.35 bits per heavy atom. The van der Waals surface area contributed by atoms with E-state index in [4.69, 9.17) is 0 Å². The lowest BCUT2D eigenvalue weighted by Gasteiger charge is -2.09. The minimum Gasteiger partial charge on any atom is -0.217 e. The Labute approximate surface area is 120 Å². The number of aromatic nitrogens is 3. The fourth-order valence-corrected chi connectivity index (χ4v) is 1.82. The summed E-state index contributed by atoms with van der Waals surface area (Å²) in [5.41, 5.74) is -0.685. The van der Waals surface area contributed by atoms with E-state index in [0.29, 0.717) is 17.8 Å². The molecule has 1 aromatic heterocycles. The van der Waals surface area contributed by atoms with Crippen LogP contribution in [0.1, 0.15) is 29.4 Å². The number of alkyl halides is 4. The van der Waals surface area contributed by atoms with E-state index in [2.05, 4.69) is 26.2 Å². The third-order valence-electron chi connectivity index (χ3n) is 2.71. The van der Waals surface area contributed by atoms with E-state index in [-0.39, 0.29) is 10.5 Å². The fourth-order valence-electron chi connectivity index (χ4n) is 1.61. The van der Waals surface area contributed by atoms with E-state index in [1.165, 1.54) is 6.20 Å². The van der Waals surface area contributed by atoms with Crippen molar-refractivity contribution in [2.75, 3.05) is 0 Å². The molecule has 1 aromatic carbocycles. The maximum absolute atomic E-state index is 13.7. The minimum atomic E-state index is -4.53. The molecule has 1 unspecified atom stereocenters. The zero-order valence-electron chi connectivity index (χ0n) is 10.3. The molecule has 0 aliphatic rings. The normalized spacial score (nSPS) is 13.5. The van der Waals surface area contributed by atoms with Gasteiger partial charge >= 0.3 is 6.18 Å². The van der Waals surface area contributed by atoms with Crippen molar-refractivity contribution >= 4 is 15.9 Å². The number of hydrogen-bond donors (Lipinski definition) is 0. The topological polar surface area (TPSA) is 30.7 Å². The predicted molar refractivity (Wildman–Crippen MR) is 68.3 cm³/mol. The van der Waals surface area contributed by atoms with Crippen LogP contribution in [0.25, 0.3) is 5.69 Å². The molecular weight excluding hydrogens is 342 g/mol. The Kier molecular flexibility index (Phi) is 4.12. The van der Waals surface area contributed by atoms with Crippen LogP contribution in [0.4, 0.5) is 17.6 Å². The van der Waals surface area contributed by atoms with Crippen LogP contribution in [-0.2, 0) is 6.18 Å². The second kappa shape index (κ2) is 5.51. The van der Waals surface area contributed by atoms with Crippen LogP contribution in [0.2, 0.25) is 0 Å². The molecule has 0 saturated carbocycles. The lowest BCUT2D eigenvalue weighted by molar-refractivity contribution is -0.137. The first-order valence-corrected chi connectivity index (χ1v) is 6.68. The Hall–Kier alpha value is -1.44. The van der Waals surface area contributed by atoms with Gasteiger partial charge in [0.25, 0.3) is 0 Å². The second-order valence-electron chi connectivity index (χ2n) is 4.13. The van der Waals surface area contributed by atoms with Gasteiger partial charge in [-0.05, 0) is 24.6 Å². The maximum Gasteiger partial charge on any atom is 0.416 e. The quantitative estimate of drug-likeness (QED) is 0.610. The van der Waals surface area contributed by atoms with E-state index >= 15 is 0 Å². The molecule has 108 valence electrons. The number of nitrogens with zero attached hydrogens (tertiary/aromatic N) is 3. The highest BCUT2D eigenvalue weighted by Crippen LogP contribution is 2.31. The molecule has 0 aliphatic heterocycles. The van der Waals surface area contributed by atoms with Gasteiger partial charge in [-0.2, -0.15) is 13.2 Å². The smallest absolute Gasteiger partial charge is 0.217 e. The summed E-state index contributed by atoms with van der Waals surface area (Å²) in [7, 11) is 0. The highest BCUT2D eigenvalue weighted by molar-refractivity contribution is 9.09. The molecular formula is C12H10BrF4N3. The van der Waals surface area contributed by atoms with Crippen molar-refractivity contribution in [3.63, 3.8) is 0 Å². The monoisotopic (exact) mass is 351 g/mol. The standard InChI is InChI=1S/C12H10BrF4N3/c1-2-8(13)10-6-20(19-18-10)11-5-7(12(15,16)17)3-4-9(11)14/h3-6,8H,2H2,1H3. The molecule has 8 heteroatoms. The number of hydrogen-bond acceptors (Lipinski definition) is 2. The Bertz CT molecular complexity index is 609. The van der Waals surface area contributed by atoms with Gasteiger partial charge in [-0.3, -0.25) is 0 Å². The lowest BCUT2D eigenvalue weighted by Crippen LogP contribution is -2.08. The predicted octanol–water partition coefficient (Wildman–Crippen LogP) is 4.27. The molecule has 0 saturated heterocycles. The first-order valence-electron chi connectivity index (χ1n) is 5.76. The molecule has 3 nitrogen and oxygen atoms in total. The highest BCUT2D eigenvalue weighted by atomic mass is 79.9. The Morgan fingerprint density at radius 2 is 2.05 bits per heavy atom. The number of halogens is 5. The van der Waals surface area contributed by atoms with Gasteiger partial charge in [0.05, 0.1) is 22.3 Å². The summed E-state index contributed by atoms with van der Waals surface area (Å²) in [5.74, 6) is -0.794. The van der Waals surface area contributed by atoms with Gasteiger partial charge in [0.1, 0.15) is 11.5 Å². The molecule has 2 aromatic rings. The first-order chi connectivity index (χ1) is 9.32. The largest absolute Gasteiger partial charge is 0.416 e. The third kappa shape index (κ3) is 3.00. The summed E-state index contributed by atoms with van der Waals surface area (Å²) >= 11 is 3.35. The summed E-state index contributed by atoms with van der Waals surface area (Å²) in [6.07, 6.45) is -2.40. The van der Waals surface area contributed by atoms with Gasteiger partial charge in [0.15, 0.2) is 0 Å². The number of rotatable bonds is 3. The molecule has 0 amide bonds. The summed E-state index contributed by atoms with van der Waals surface area (Å²) in [5, 5.41) is 7.48. The van der Waals surface area contributed by atoms with E-state index in [0.717, 1.165) is 17.2 Å². The summed E-state index contributed by atoms with van der Waals surface area (Å²) in [6, 6.07) is 2.17. The summed E-state index contributed by atoms with van der Waals surface area (Å²) < 4.78 is 52.6. The van der Waals surface area contributed by atoms with Crippen LogP contribution in [0, 0.1) is 5.82 Å². The molecule has 0 bridgehead atoms. The van der Waals surface area contributed by atoms with Crippen molar-refractivity contribution in [2.45, 2.75) is 24.3 Å². The van der Waals surface area contributed by atoms with Crippen LogP contribution in [0.5, 0.6) is 0 Å². The van der Waals surface area contributed by atoms with Crippen LogP contribution >= 0.6 is 15.9 Å². The second-order valence-corrected chi connectivity index (χ2v) is 5.23. The fraction of sp³-hybridized carbons (Fsp3) is 0.333. The molecule has 0 aliphatic carbocycles. The highest BCUT2D eigenvalue weighted by Gasteiger charge is 2.31. The van der Waals surface area contributed by atoms with Gasteiger partial charge in [-0.15, -0.1) is 5.10 Å². The Balaban J connectivity index is 2.44. The van der Waals surface area contributed by atoms with Crippen LogP contribution in [0.15, 0.2) is 24.4 Å². The molecule has 0 spiro atoms. The number of benzene rings is 1. The van der Waals surface area contributed by atoms with E-state index in [9.17, 15) is 17.6 Å². The molecule has 2 rings (SSSR count). The van der Waals surface area contributed by atoms with Gasteiger partial charge in [0, 0.05) is 0 Å². The van der Waals surface area contributed by atoms with Crippen molar-refractivity contribution in [1.29, 1.82) is 0 Å². The average Bonchev–Trinajstić information content (AvgIpc) is 2.86. The molecule has 20 heavy (non-hydrogen) atoms. The van der Waals surface area contributed by atoms with Crippen molar-refractivity contribution in [2.24, 2.45) is 0 Å². The van der Waals surface area contributed by atoms with Gasteiger partial charge < -0.3 is 0 Å². The van der Waals surface area contributed by atoms with E-state index < -0.39 is 17.6 Å². The minimum absolute atomic E-state index is 0.0786. The van der Waals surface area contributed by atoms with Crippen molar-refractivity contribution in [1.82, 2.24) is 15.0 Å². The van der Waals surface area contributed by atoms with E-state index in [1.807, 2.05) is 6.92 Å². The van der Waals surface area contributed by atoms with Crippen LogP contribution in [0.3, 0.4) is 0 Å². The van der Waals surface area contributed by atoms with Crippen molar-refractivity contribution in [3.8, 4) is 5.69 Å². The average molecular weight is 352 g/mol. The molecule has 0 N–H and O–H groups in total. The molecule has 0 fully saturated rings. The first kappa shape index (κ1) is 15.0. The molecule has 1 heterocycles. The van der Waals surface area contributed by atoms with E-state index in [1.54, 1.807) is 0 Å². The lowest BCUT2D eigenvalue weighted by atomic mass is 10.2. The Morgan fingerprint density at radius 3 is 2.65 bits per heavy atom. The van der Waals surface area contributed by atoms with Crippen molar-refractivity contribution < 1.29 is 17.6 Å². The van der Waals surface area contributed by atoms with Crippen molar-refractivity contribution in [3.05, 3.63) is 41.5 Å². The third-order valence-corrected chi connectivity index (χ3v) is 3.83. The summed E-state index contributed by atoms with van der Waals surface area (Å²) in [6.45, 7) is 1.91. The molecule has 1 atom stereocenters. The SMILES string of the molecule is CCC(Br)c1cn(-c2cc(C(F)(F)F)ccc2F)nn1. The summed E-state index contributed by atoms with van der Waals surface area (Å²) in [4.78, 5) is -0.0786. The van der Waals surface area contributed by atoms with Gasteiger partial charge in [-0.25, -0.2) is 9.07 Å². The zero-order chi connectivity index (χ0) is 14.9. The van der Waals surface area contributed by atoms with Gasteiger partial charge in [0.2, 0.25) is 0 Å². The van der Waals surface area contributed by atoms with Crippen LogP contribution in [-0.4, -0.2) is 15.0 Å². The molecule has 0 radical (unpaired) electrons. The van der Waals surface area contributed by atoms with Gasteiger partial charge in [-0.1, -0.05) is 28.1 Å². The van der Waals surface area contributed by atoms with Crippen LogP contribution < -0.4 is 0 Å². The maximum atomic E-state index is 13.7. The zero-order valence-corrected chi connectivity index (χ0v) is 11.9.